The van der Waals surface area contributed by atoms with Crippen LogP contribution in [0.1, 0.15) is 27.3 Å². The fourth-order valence-corrected chi connectivity index (χ4v) is 2.14. The zero-order valence-corrected chi connectivity index (χ0v) is 11.2. The predicted octanol–water partition coefficient (Wildman–Crippen LogP) is 2.40. The van der Waals surface area contributed by atoms with Crippen LogP contribution < -0.4 is 0 Å². The molecule has 104 valence electrons. The lowest BCUT2D eigenvalue weighted by Gasteiger charge is -2.08. The molecule has 20 heavy (non-hydrogen) atoms. The predicted molar refractivity (Wildman–Crippen MR) is 71.4 cm³/mol. The Morgan fingerprint density at radius 3 is 2.50 bits per heavy atom. The number of rotatable bonds is 3. The summed E-state index contributed by atoms with van der Waals surface area (Å²) >= 11 is 0. The van der Waals surface area contributed by atoms with Crippen LogP contribution in [0.5, 0.6) is 0 Å². The molecule has 0 saturated heterocycles. The van der Waals surface area contributed by atoms with E-state index >= 15 is 0 Å². The van der Waals surface area contributed by atoms with Crippen LogP contribution in [0.15, 0.2) is 18.2 Å². The average Bonchev–Trinajstić information content (AvgIpc) is 2.64. The molecule has 0 unspecified atom stereocenters. The van der Waals surface area contributed by atoms with Gasteiger partial charge in [0.1, 0.15) is 11.4 Å². The Balaban J connectivity index is 2.73. The first-order valence-electron chi connectivity index (χ1n) is 5.88. The highest BCUT2D eigenvalue weighted by Gasteiger charge is 2.24. The topological polar surface area (TPSA) is 98.3 Å². The second-order valence-electron chi connectivity index (χ2n) is 4.51. The summed E-state index contributed by atoms with van der Waals surface area (Å²) in [6, 6.07) is 4.85. The Bertz CT molecular complexity index is 719. The van der Waals surface area contributed by atoms with Gasteiger partial charge in [-0.15, -0.1) is 0 Å². The summed E-state index contributed by atoms with van der Waals surface area (Å²) in [6.07, 6.45) is 0. The first kappa shape index (κ1) is 13.7. The first-order valence-corrected chi connectivity index (χ1v) is 5.88. The second-order valence-corrected chi connectivity index (χ2v) is 4.51. The maximum Gasteiger partial charge on any atom is 0.337 e. The third kappa shape index (κ3) is 2.13. The summed E-state index contributed by atoms with van der Waals surface area (Å²) in [5.41, 5.74) is 1.63. The Kier molecular flexibility index (Phi) is 3.27. The Labute approximate surface area is 114 Å². The van der Waals surface area contributed by atoms with E-state index in [4.69, 9.17) is 0 Å². The molecule has 1 heterocycles. The number of nitrogens with zero attached hydrogens (tertiary/aromatic N) is 3. The van der Waals surface area contributed by atoms with Gasteiger partial charge >= 0.3 is 11.7 Å². The third-order valence-electron chi connectivity index (χ3n) is 3.05. The SMILES string of the molecule is Cc1ccc(-n2nc(C)c([N+](=O)[O-])c2C)c(C(=O)O)c1. The van der Waals surface area contributed by atoms with Crippen LogP contribution in [0.4, 0.5) is 5.69 Å². The van der Waals surface area contributed by atoms with Crippen LogP contribution in [-0.4, -0.2) is 25.8 Å². The minimum Gasteiger partial charge on any atom is -0.478 e. The summed E-state index contributed by atoms with van der Waals surface area (Å²) in [5.74, 6) is -1.10. The molecule has 1 aromatic carbocycles. The monoisotopic (exact) mass is 275 g/mol. The average molecular weight is 275 g/mol. The largest absolute Gasteiger partial charge is 0.478 e. The minimum atomic E-state index is -1.10. The van der Waals surface area contributed by atoms with E-state index in [-0.39, 0.29) is 16.9 Å². The zero-order chi connectivity index (χ0) is 15.0. The maximum atomic E-state index is 11.3. The molecular formula is C13H13N3O4. The van der Waals surface area contributed by atoms with E-state index in [1.165, 1.54) is 17.7 Å². The molecule has 0 bridgehead atoms. The molecule has 0 aliphatic rings. The van der Waals surface area contributed by atoms with Crippen molar-refractivity contribution in [2.45, 2.75) is 20.8 Å². The van der Waals surface area contributed by atoms with Crippen LogP contribution in [0.3, 0.4) is 0 Å². The number of carbonyl (C=O) groups is 1. The molecule has 0 fully saturated rings. The van der Waals surface area contributed by atoms with Crippen molar-refractivity contribution in [3.8, 4) is 5.69 Å². The second kappa shape index (κ2) is 4.76. The number of hydrogen-bond donors (Lipinski definition) is 1. The van der Waals surface area contributed by atoms with Crippen molar-refractivity contribution >= 4 is 11.7 Å². The van der Waals surface area contributed by atoms with Crippen molar-refractivity contribution in [3.63, 3.8) is 0 Å². The molecule has 0 spiro atoms. The number of hydrogen-bond acceptors (Lipinski definition) is 4. The number of nitro groups is 1. The van der Waals surface area contributed by atoms with Gasteiger partial charge in [-0.1, -0.05) is 11.6 Å². The normalized spacial score (nSPS) is 10.6. The van der Waals surface area contributed by atoms with Gasteiger partial charge in [-0.3, -0.25) is 10.1 Å². The first-order chi connectivity index (χ1) is 9.32. The summed E-state index contributed by atoms with van der Waals surface area (Å²) in [6.45, 7) is 4.85. The Morgan fingerprint density at radius 2 is 2.00 bits per heavy atom. The van der Waals surface area contributed by atoms with Crippen molar-refractivity contribution in [1.29, 1.82) is 0 Å². The Hall–Kier alpha value is -2.70. The van der Waals surface area contributed by atoms with Crippen molar-refractivity contribution in [1.82, 2.24) is 9.78 Å². The number of carboxylic acid groups (broad SMARTS) is 1. The van der Waals surface area contributed by atoms with E-state index in [1.807, 2.05) is 0 Å². The van der Waals surface area contributed by atoms with Gasteiger partial charge in [-0.05, 0) is 32.9 Å². The molecule has 7 heteroatoms. The molecule has 2 aromatic rings. The molecule has 0 atom stereocenters. The molecule has 1 aromatic heterocycles. The lowest BCUT2D eigenvalue weighted by molar-refractivity contribution is -0.386. The highest BCUT2D eigenvalue weighted by atomic mass is 16.6. The highest BCUT2D eigenvalue weighted by molar-refractivity contribution is 5.92. The molecule has 0 aliphatic carbocycles. The molecule has 0 amide bonds. The van der Waals surface area contributed by atoms with Crippen molar-refractivity contribution in [3.05, 3.63) is 50.8 Å². The molecule has 7 nitrogen and oxygen atoms in total. The van der Waals surface area contributed by atoms with Crippen molar-refractivity contribution in [2.75, 3.05) is 0 Å². The fraction of sp³-hybridized carbons (Fsp3) is 0.231. The van der Waals surface area contributed by atoms with Gasteiger partial charge in [-0.25, -0.2) is 9.48 Å². The van der Waals surface area contributed by atoms with E-state index in [0.717, 1.165) is 5.56 Å². The van der Waals surface area contributed by atoms with Gasteiger partial charge in [0.15, 0.2) is 0 Å². The van der Waals surface area contributed by atoms with Crippen LogP contribution >= 0.6 is 0 Å². The van der Waals surface area contributed by atoms with E-state index in [9.17, 15) is 20.0 Å². The highest BCUT2D eigenvalue weighted by Crippen LogP contribution is 2.26. The van der Waals surface area contributed by atoms with E-state index in [1.54, 1.807) is 26.0 Å². The number of aromatic nitrogens is 2. The molecule has 0 radical (unpaired) electrons. The van der Waals surface area contributed by atoms with Crippen molar-refractivity contribution in [2.24, 2.45) is 0 Å². The molecule has 0 aliphatic heterocycles. The van der Waals surface area contributed by atoms with E-state index in [2.05, 4.69) is 5.10 Å². The van der Waals surface area contributed by atoms with Crippen LogP contribution in [0.2, 0.25) is 0 Å². The quantitative estimate of drug-likeness (QED) is 0.685. The van der Waals surface area contributed by atoms with Gasteiger partial charge in [0.25, 0.3) is 0 Å². The van der Waals surface area contributed by atoms with Gasteiger partial charge in [-0.2, -0.15) is 5.10 Å². The lowest BCUT2D eigenvalue weighted by atomic mass is 10.1. The standard InChI is InChI=1S/C13H13N3O4/c1-7-4-5-11(10(6-7)13(17)18)15-9(3)12(16(19)20)8(2)14-15/h4-6H,1-3H3,(H,17,18). The van der Waals surface area contributed by atoms with Crippen LogP contribution in [-0.2, 0) is 0 Å². The number of aromatic carboxylic acids is 1. The van der Waals surface area contributed by atoms with Crippen LogP contribution in [0.25, 0.3) is 5.69 Å². The van der Waals surface area contributed by atoms with Gasteiger partial charge < -0.3 is 5.11 Å². The van der Waals surface area contributed by atoms with E-state index < -0.39 is 10.9 Å². The number of aryl methyl sites for hydroxylation is 2. The maximum absolute atomic E-state index is 11.3. The number of benzene rings is 1. The minimum absolute atomic E-state index is 0.0606. The number of carboxylic acids is 1. The summed E-state index contributed by atoms with van der Waals surface area (Å²) in [5, 5.41) is 24.3. The smallest absolute Gasteiger partial charge is 0.337 e. The summed E-state index contributed by atoms with van der Waals surface area (Å²) in [7, 11) is 0. The van der Waals surface area contributed by atoms with E-state index in [0.29, 0.717) is 11.4 Å². The van der Waals surface area contributed by atoms with Gasteiger partial charge in [0, 0.05) is 0 Å². The lowest BCUT2D eigenvalue weighted by Crippen LogP contribution is -2.08. The van der Waals surface area contributed by atoms with Gasteiger partial charge in [0.2, 0.25) is 0 Å². The molecule has 0 saturated carbocycles. The fourth-order valence-electron chi connectivity index (χ4n) is 2.14. The Morgan fingerprint density at radius 1 is 1.35 bits per heavy atom. The summed E-state index contributed by atoms with van der Waals surface area (Å²) in [4.78, 5) is 21.8. The molecule has 2 rings (SSSR count). The summed E-state index contributed by atoms with van der Waals surface area (Å²) < 4.78 is 1.30. The van der Waals surface area contributed by atoms with Gasteiger partial charge in [0.05, 0.1) is 16.2 Å². The zero-order valence-electron chi connectivity index (χ0n) is 11.2. The molecule has 1 N–H and O–H groups in total. The van der Waals surface area contributed by atoms with Crippen LogP contribution in [0, 0.1) is 30.9 Å². The molecular weight excluding hydrogens is 262 g/mol. The van der Waals surface area contributed by atoms with Crippen molar-refractivity contribution < 1.29 is 14.8 Å². The third-order valence-corrected chi connectivity index (χ3v) is 3.05.